The number of Topliss-reactive ketones (excluding diaryl/α,β-unsaturated/α-hetero) is 1. The first-order valence-corrected chi connectivity index (χ1v) is 21.1. The summed E-state index contributed by atoms with van der Waals surface area (Å²) in [6.07, 6.45) is 0.355. The van der Waals surface area contributed by atoms with Gasteiger partial charge < -0.3 is 19.2 Å². The molecular weight excluding hydrogens is 682 g/mol. The fourth-order valence-corrected chi connectivity index (χ4v) is 7.07. The van der Waals surface area contributed by atoms with E-state index in [0.29, 0.717) is 42.2 Å². The molecule has 2 atom stereocenters. The Morgan fingerprint density at radius 2 is 1.28 bits per heavy atom. The van der Waals surface area contributed by atoms with Gasteiger partial charge in [-0.25, -0.2) is 4.39 Å². The highest BCUT2D eigenvalue weighted by Gasteiger charge is 2.40. The van der Waals surface area contributed by atoms with E-state index in [1.165, 1.54) is 12.1 Å². The topological polar surface area (TPSA) is 73.9 Å². The molecule has 8 heteroatoms. The lowest BCUT2D eigenvalue weighted by Crippen LogP contribution is -2.42. The Hall–Kier alpha value is -5.05. The van der Waals surface area contributed by atoms with Crippen molar-refractivity contribution in [1.82, 2.24) is 0 Å². The molecule has 0 aliphatic heterocycles. The second-order valence-corrected chi connectivity index (χ2v) is 19.6. The molecule has 1 unspecified atom stereocenters. The number of carbonyl (C=O) groups is 2. The van der Waals surface area contributed by atoms with E-state index in [-0.39, 0.29) is 35.6 Å². The third-order valence-electron chi connectivity index (χ3n) is 9.83. The summed E-state index contributed by atoms with van der Waals surface area (Å²) in [7, 11) is -2.29. The number of para-hydroxylation sites is 1. The van der Waals surface area contributed by atoms with E-state index in [9.17, 15) is 14.0 Å². The van der Waals surface area contributed by atoms with Crippen LogP contribution in [0.25, 0.3) is 0 Å². The van der Waals surface area contributed by atoms with Crippen LogP contribution in [-0.4, -0.2) is 20.0 Å². The van der Waals surface area contributed by atoms with E-state index in [2.05, 4.69) is 39.2 Å². The summed E-state index contributed by atoms with van der Waals surface area (Å²) < 4.78 is 33.4. The van der Waals surface area contributed by atoms with E-state index in [1.54, 1.807) is 30.3 Å². The zero-order valence-electron chi connectivity index (χ0n) is 31.3. The van der Waals surface area contributed by atoms with Gasteiger partial charge in [-0.1, -0.05) is 112 Å². The molecule has 5 rings (SSSR count). The Morgan fingerprint density at radius 1 is 0.717 bits per heavy atom. The molecular formula is C45H50FNO5Si. The minimum absolute atomic E-state index is 0.0473. The van der Waals surface area contributed by atoms with Crippen LogP contribution < -0.4 is 14.8 Å². The van der Waals surface area contributed by atoms with E-state index < -0.39 is 20.3 Å². The van der Waals surface area contributed by atoms with E-state index in [1.807, 2.05) is 91.0 Å². The fourth-order valence-electron chi connectivity index (χ4n) is 5.75. The normalized spacial score (nSPS) is 12.8. The van der Waals surface area contributed by atoms with Crippen LogP contribution in [0.5, 0.6) is 11.5 Å². The lowest BCUT2D eigenvalue weighted by molar-refractivity contribution is -0.116. The predicted molar refractivity (Wildman–Crippen MR) is 212 cm³/mol. The molecule has 0 aliphatic rings. The zero-order valence-corrected chi connectivity index (χ0v) is 32.3. The van der Waals surface area contributed by atoms with Gasteiger partial charge in [0.1, 0.15) is 30.5 Å². The fraction of sp³-hybridized carbons (Fsp3) is 0.289. The summed E-state index contributed by atoms with van der Waals surface area (Å²) in [4.78, 5) is 28.3. The van der Waals surface area contributed by atoms with Crippen LogP contribution >= 0.6 is 0 Å². The van der Waals surface area contributed by atoms with Crippen molar-refractivity contribution in [3.63, 3.8) is 0 Å². The van der Waals surface area contributed by atoms with Crippen molar-refractivity contribution in [2.24, 2.45) is 5.92 Å². The SMILES string of the molecule is CC(C)(C)[Si](C)(C)O[C@H](CCC(CC(=O)Nc1ccccc1)C(=O)c1ccc(OCc2ccccc2)cc1OCc1ccccc1)c1ccc(F)cc1. The van der Waals surface area contributed by atoms with Crippen LogP contribution in [0.2, 0.25) is 18.1 Å². The lowest BCUT2D eigenvalue weighted by Gasteiger charge is -2.39. The van der Waals surface area contributed by atoms with Crippen LogP contribution in [0.15, 0.2) is 133 Å². The van der Waals surface area contributed by atoms with E-state index in [0.717, 1.165) is 16.7 Å². The minimum Gasteiger partial charge on any atom is -0.489 e. The van der Waals surface area contributed by atoms with Gasteiger partial charge in [0.2, 0.25) is 5.91 Å². The van der Waals surface area contributed by atoms with Crippen molar-refractivity contribution in [3.05, 3.63) is 162 Å². The molecule has 1 N–H and O–H groups in total. The number of ketones is 1. The van der Waals surface area contributed by atoms with Crippen LogP contribution in [0.1, 0.15) is 73.2 Å². The summed E-state index contributed by atoms with van der Waals surface area (Å²) in [5, 5.41) is 2.88. The van der Waals surface area contributed by atoms with Crippen molar-refractivity contribution in [2.45, 2.75) is 77.5 Å². The summed E-state index contributed by atoms with van der Waals surface area (Å²) in [6, 6.07) is 40.4. The molecule has 0 heterocycles. The predicted octanol–water partition coefficient (Wildman–Crippen LogP) is 11.4. The maximum Gasteiger partial charge on any atom is 0.225 e. The van der Waals surface area contributed by atoms with Crippen molar-refractivity contribution in [3.8, 4) is 11.5 Å². The van der Waals surface area contributed by atoms with E-state index in [4.69, 9.17) is 13.9 Å². The molecule has 0 fully saturated rings. The number of carbonyl (C=O) groups excluding carboxylic acids is 2. The maximum atomic E-state index is 14.7. The number of hydrogen-bond acceptors (Lipinski definition) is 5. The van der Waals surface area contributed by atoms with Gasteiger partial charge in [-0.2, -0.15) is 0 Å². The molecule has 5 aromatic carbocycles. The third-order valence-corrected chi connectivity index (χ3v) is 14.3. The average molecular weight is 732 g/mol. The number of benzene rings is 5. The first-order chi connectivity index (χ1) is 25.4. The van der Waals surface area contributed by atoms with Gasteiger partial charge in [0.25, 0.3) is 0 Å². The molecule has 0 spiro atoms. The Morgan fingerprint density at radius 3 is 1.87 bits per heavy atom. The van der Waals surface area contributed by atoms with Crippen LogP contribution in [0.4, 0.5) is 10.1 Å². The van der Waals surface area contributed by atoms with Gasteiger partial charge in [0.15, 0.2) is 14.1 Å². The average Bonchev–Trinajstić information content (AvgIpc) is 3.15. The van der Waals surface area contributed by atoms with Crippen molar-refractivity contribution in [2.75, 3.05) is 5.32 Å². The molecule has 6 nitrogen and oxygen atoms in total. The Bertz CT molecular complexity index is 1910. The summed E-state index contributed by atoms with van der Waals surface area (Å²) >= 11 is 0. The number of hydrogen-bond donors (Lipinski definition) is 1. The Kier molecular flexibility index (Phi) is 13.4. The lowest BCUT2D eigenvalue weighted by atomic mass is 9.87. The van der Waals surface area contributed by atoms with Crippen LogP contribution in [0.3, 0.4) is 0 Å². The minimum atomic E-state index is -2.29. The highest BCUT2D eigenvalue weighted by molar-refractivity contribution is 6.74. The molecule has 0 aromatic heterocycles. The summed E-state index contributed by atoms with van der Waals surface area (Å²) in [5.74, 6) is -0.579. The van der Waals surface area contributed by atoms with Crippen molar-refractivity contribution < 1.29 is 27.9 Å². The molecule has 0 bridgehead atoms. The van der Waals surface area contributed by atoms with Crippen molar-refractivity contribution >= 4 is 25.7 Å². The zero-order chi connectivity index (χ0) is 37.8. The number of rotatable bonds is 17. The third kappa shape index (κ3) is 11.5. The van der Waals surface area contributed by atoms with Gasteiger partial charge in [-0.05, 0) is 84.1 Å². The maximum absolute atomic E-state index is 14.7. The first-order valence-electron chi connectivity index (χ1n) is 18.2. The van der Waals surface area contributed by atoms with Crippen LogP contribution in [-0.2, 0) is 22.4 Å². The van der Waals surface area contributed by atoms with Gasteiger partial charge >= 0.3 is 0 Å². The second-order valence-electron chi connectivity index (χ2n) is 14.9. The molecule has 53 heavy (non-hydrogen) atoms. The molecule has 0 aliphatic carbocycles. The summed E-state index contributed by atoms with van der Waals surface area (Å²) in [5.41, 5.74) is 3.82. The Balaban J connectivity index is 1.46. The van der Waals surface area contributed by atoms with E-state index >= 15 is 0 Å². The smallest absolute Gasteiger partial charge is 0.225 e. The molecule has 0 radical (unpaired) electrons. The molecule has 0 saturated heterocycles. The van der Waals surface area contributed by atoms with Gasteiger partial charge in [0, 0.05) is 24.1 Å². The van der Waals surface area contributed by atoms with Gasteiger partial charge in [-0.3, -0.25) is 9.59 Å². The monoisotopic (exact) mass is 731 g/mol. The number of nitrogens with one attached hydrogen (secondary N) is 1. The number of ether oxygens (including phenoxy) is 2. The highest BCUT2D eigenvalue weighted by atomic mass is 28.4. The highest BCUT2D eigenvalue weighted by Crippen LogP contribution is 2.42. The molecule has 0 saturated carbocycles. The standard InChI is InChI=1S/C45H50FNO5Si/c1-45(2,3)53(4,5)52-41(35-21-24-37(46)25-22-35)28-23-36(29-43(48)47-38-19-13-8-14-20-38)44(49)40-27-26-39(50-31-33-15-9-6-10-16-33)30-42(40)51-32-34-17-11-7-12-18-34/h6-22,24-27,30,36,41H,23,28-29,31-32H2,1-5H3,(H,47,48)/t36?,41-/m1/s1. The number of halogens is 1. The first kappa shape index (κ1) is 39.2. The second kappa shape index (κ2) is 18.1. The largest absolute Gasteiger partial charge is 0.489 e. The van der Waals surface area contributed by atoms with Gasteiger partial charge in [0.05, 0.1) is 11.7 Å². The summed E-state index contributed by atoms with van der Waals surface area (Å²) in [6.45, 7) is 11.5. The molecule has 276 valence electrons. The quantitative estimate of drug-likeness (QED) is 0.0761. The van der Waals surface area contributed by atoms with Crippen molar-refractivity contribution in [1.29, 1.82) is 0 Å². The Labute approximate surface area is 314 Å². The number of amides is 1. The molecule has 1 amide bonds. The number of anilines is 1. The van der Waals surface area contributed by atoms with Gasteiger partial charge in [-0.15, -0.1) is 0 Å². The van der Waals surface area contributed by atoms with Crippen LogP contribution in [0, 0.1) is 11.7 Å². The molecule has 5 aromatic rings.